The minimum absolute atomic E-state index is 0.0497. The number of imide groups is 1. The summed E-state index contributed by atoms with van der Waals surface area (Å²) in [5, 5.41) is 5.99. The van der Waals surface area contributed by atoms with Gasteiger partial charge in [0.15, 0.2) is 0 Å². The van der Waals surface area contributed by atoms with E-state index in [1.165, 1.54) is 19.3 Å². The van der Waals surface area contributed by atoms with E-state index in [0.717, 1.165) is 24.0 Å². The SMILES string of the molecule is NCC1(NCc2cccc3c2C(=O)N(C2CCC(=O)NC2=O)C3)CCCCC1. The van der Waals surface area contributed by atoms with Gasteiger partial charge in [-0.3, -0.25) is 19.7 Å². The summed E-state index contributed by atoms with van der Waals surface area (Å²) in [5.41, 5.74) is 8.62. The first-order chi connectivity index (χ1) is 13.5. The van der Waals surface area contributed by atoms with E-state index < -0.39 is 6.04 Å². The molecule has 4 N–H and O–H groups in total. The van der Waals surface area contributed by atoms with Gasteiger partial charge >= 0.3 is 0 Å². The molecule has 0 spiro atoms. The molecule has 0 aromatic heterocycles. The predicted octanol–water partition coefficient (Wildman–Crippen LogP) is 1.20. The van der Waals surface area contributed by atoms with E-state index in [4.69, 9.17) is 5.73 Å². The van der Waals surface area contributed by atoms with Gasteiger partial charge in [-0.2, -0.15) is 0 Å². The first-order valence-corrected chi connectivity index (χ1v) is 10.2. The maximum absolute atomic E-state index is 13.2. The summed E-state index contributed by atoms with van der Waals surface area (Å²) in [5.74, 6) is -0.761. The van der Waals surface area contributed by atoms with E-state index in [1.807, 2.05) is 18.2 Å². The summed E-state index contributed by atoms with van der Waals surface area (Å²) in [6, 6.07) is 5.31. The van der Waals surface area contributed by atoms with Crippen LogP contribution in [-0.4, -0.2) is 40.7 Å². The zero-order chi connectivity index (χ0) is 19.7. The predicted molar refractivity (Wildman–Crippen MR) is 104 cm³/mol. The Morgan fingerprint density at radius 1 is 1.18 bits per heavy atom. The molecular formula is C21H28N4O3. The standard InChI is InChI=1S/C21H28N4O3/c22-13-21(9-2-1-3-10-21)23-11-14-5-4-6-15-12-25(20(28)18(14)15)16-7-8-17(26)24-19(16)27/h4-6,16,23H,1-3,7-13,22H2,(H,24,26,27). The smallest absolute Gasteiger partial charge is 0.255 e. The first kappa shape index (κ1) is 19.1. The van der Waals surface area contributed by atoms with Crippen LogP contribution in [0.5, 0.6) is 0 Å². The quantitative estimate of drug-likeness (QED) is 0.662. The van der Waals surface area contributed by atoms with Crippen molar-refractivity contribution in [2.24, 2.45) is 5.73 Å². The first-order valence-electron chi connectivity index (χ1n) is 10.2. The lowest BCUT2D eigenvalue weighted by Crippen LogP contribution is -2.52. The Hall–Kier alpha value is -2.25. The van der Waals surface area contributed by atoms with Crippen LogP contribution < -0.4 is 16.4 Å². The fraction of sp³-hybridized carbons (Fsp3) is 0.571. The zero-order valence-corrected chi connectivity index (χ0v) is 16.1. The molecule has 2 fully saturated rings. The van der Waals surface area contributed by atoms with Crippen molar-refractivity contribution in [2.75, 3.05) is 6.54 Å². The molecule has 7 nitrogen and oxygen atoms in total. The van der Waals surface area contributed by atoms with Crippen molar-refractivity contribution in [2.45, 2.75) is 69.6 Å². The molecule has 1 unspecified atom stereocenters. The molecule has 1 aliphatic carbocycles. The number of nitrogens with two attached hydrogens (primary N) is 1. The summed E-state index contributed by atoms with van der Waals surface area (Å²) in [7, 11) is 0. The molecule has 0 radical (unpaired) electrons. The number of amides is 3. The molecule has 2 heterocycles. The summed E-state index contributed by atoms with van der Waals surface area (Å²) in [6.45, 7) is 1.60. The van der Waals surface area contributed by atoms with Crippen molar-refractivity contribution in [3.8, 4) is 0 Å². The second-order valence-electron chi connectivity index (χ2n) is 8.25. The van der Waals surface area contributed by atoms with Crippen molar-refractivity contribution in [1.29, 1.82) is 0 Å². The summed E-state index contributed by atoms with van der Waals surface area (Å²) in [6.07, 6.45) is 6.39. The third kappa shape index (κ3) is 3.44. The van der Waals surface area contributed by atoms with Crippen LogP contribution >= 0.6 is 0 Å². The van der Waals surface area contributed by atoms with Crippen LogP contribution in [0.15, 0.2) is 18.2 Å². The number of piperidine rings is 1. The number of rotatable bonds is 5. The van der Waals surface area contributed by atoms with Crippen LogP contribution in [0.2, 0.25) is 0 Å². The second-order valence-corrected chi connectivity index (χ2v) is 8.25. The van der Waals surface area contributed by atoms with Crippen molar-refractivity contribution in [3.05, 3.63) is 34.9 Å². The van der Waals surface area contributed by atoms with Crippen LogP contribution in [0, 0.1) is 0 Å². The summed E-state index contributed by atoms with van der Waals surface area (Å²) >= 11 is 0. The fourth-order valence-corrected chi connectivity index (χ4v) is 4.80. The Bertz CT molecular complexity index is 801. The van der Waals surface area contributed by atoms with Gasteiger partial charge in [-0.1, -0.05) is 37.5 Å². The summed E-state index contributed by atoms with van der Waals surface area (Å²) < 4.78 is 0. The lowest BCUT2D eigenvalue weighted by Gasteiger charge is -2.37. The maximum atomic E-state index is 13.2. The molecular weight excluding hydrogens is 356 g/mol. The van der Waals surface area contributed by atoms with E-state index in [0.29, 0.717) is 31.6 Å². The van der Waals surface area contributed by atoms with Crippen molar-refractivity contribution in [1.82, 2.24) is 15.5 Å². The van der Waals surface area contributed by atoms with Crippen LogP contribution in [-0.2, 0) is 22.7 Å². The number of benzene rings is 1. The average molecular weight is 384 g/mol. The van der Waals surface area contributed by atoms with E-state index in [-0.39, 0.29) is 29.7 Å². The van der Waals surface area contributed by atoms with E-state index in [9.17, 15) is 14.4 Å². The van der Waals surface area contributed by atoms with Gasteiger partial charge in [-0.15, -0.1) is 0 Å². The molecule has 150 valence electrons. The number of hydrogen-bond acceptors (Lipinski definition) is 5. The Morgan fingerprint density at radius 2 is 1.96 bits per heavy atom. The lowest BCUT2D eigenvalue weighted by atomic mass is 9.81. The molecule has 3 amide bonds. The number of carbonyl (C=O) groups excluding carboxylic acids is 3. The highest BCUT2D eigenvalue weighted by Gasteiger charge is 2.40. The van der Waals surface area contributed by atoms with Gasteiger partial charge in [0.1, 0.15) is 6.04 Å². The molecule has 1 saturated heterocycles. The Morgan fingerprint density at radius 3 is 2.68 bits per heavy atom. The van der Waals surface area contributed by atoms with Crippen molar-refractivity contribution < 1.29 is 14.4 Å². The highest BCUT2D eigenvalue weighted by Crippen LogP contribution is 2.31. The molecule has 1 aromatic carbocycles. The lowest BCUT2D eigenvalue weighted by molar-refractivity contribution is -0.136. The molecule has 28 heavy (non-hydrogen) atoms. The number of carbonyl (C=O) groups is 3. The second kappa shape index (κ2) is 7.64. The van der Waals surface area contributed by atoms with Crippen LogP contribution in [0.25, 0.3) is 0 Å². The highest BCUT2D eigenvalue weighted by molar-refractivity contribution is 6.05. The Labute approximate surface area is 165 Å². The van der Waals surface area contributed by atoms with Gasteiger partial charge in [0.25, 0.3) is 5.91 Å². The zero-order valence-electron chi connectivity index (χ0n) is 16.1. The molecule has 2 aliphatic heterocycles. The van der Waals surface area contributed by atoms with Gasteiger partial charge in [0, 0.05) is 37.2 Å². The number of hydrogen-bond donors (Lipinski definition) is 3. The molecule has 7 heteroatoms. The van der Waals surface area contributed by atoms with Gasteiger partial charge < -0.3 is 16.0 Å². The summed E-state index contributed by atoms with van der Waals surface area (Å²) in [4.78, 5) is 38.4. The molecule has 1 aromatic rings. The number of nitrogens with zero attached hydrogens (tertiary/aromatic N) is 1. The minimum Gasteiger partial charge on any atom is -0.329 e. The molecule has 1 atom stereocenters. The van der Waals surface area contributed by atoms with Crippen LogP contribution in [0.4, 0.5) is 0 Å². The van der Waals surface area contributed by atoms with E-state index >= 15 is 0 Å². The number of fused-ring (bicyclic) bond motifs is 1. The van der Waals surface area contributed by atoms with Crippen molar-refractivity contribution >= 4 is 17.7 Å². The average Bonchev–Trinajstić information content (AvgIpc) is 3.04. The maximum Gasteiger partial charge on any atom is 0.255 e. The topological polar surface area (TPSA) is 105 Å². The number of nitrogens with one attached hydrogen (secondary N) is 2. The van der Waals surface area contributed by atoms with E-state index in [2.05, 4.69) is 10.6 Å². The minimum atomic E-state index is -0.577. The van der Waals surface area contributed by atoms with Gasteiger partial charge in [-0.25, -0.2) is 0 Å². The fourth-order valence-electron chi connectivity index (χ4n) is 4.80. The monoisotopic (exact) mass is 384 g/mol. The normalized spacial score (nSPS) is 24.2. The molecule has 3 aliphatic rings. The van der Waals surface area contributed by atoms with Gasteiger partial charge in [0.05, 0.1) is 0 Å². The van der Waals surface area contributed by atoms with Gasteiger partial charge in [-0.05, 0) is 30.4 Å². The molecule has 4 rings (SSSR count). The molecule has 0 bridgehead atoms. The van der Waals surface area contributed by atoms with Crippen LogP contribution in [0.1, 0.15) is 66.4 Å². The third-order valence-corrected chi connectivity index (χ3v) is 6.49. The highest BCUT2D eigenvalue weighted by atomic mass is 16.2. The van der Waals surface area contributed by atoms with E-state index in [1.54, 1.807) is 4.90 Å². The van der Waals surface area contributed by atoms with Crippen molar-refractivity contribution in [3.63, 3.8) is 0 Å². The Kier molecular flexibility index (Phi) is 5.21. The van der Waals surface area contributed by atoms with Crippen LogP contribution in [0.3, 0.4) is 0 Å². The Balaban J connectivity index is 1.52. The molecule has 1 saturated carbocycles. The largest absolute Gasteiger partial charge is 0.329 e. The van der Waals surface area contributed by atoms with Gasteiger partial charge in [0.2, 0.25) is 11.8 Å². The third-order valence-electron chi connectivity index (χ3n) is 6.49.